The van der Waals surface area contributed by atoms with Gasteiger partial charge in [0.2, 0.25) is 0 Å². The second kappa shape index (κ2) is 6.99. The number of hydrogen-bond acceptors (Lipinski definition) is 5. The summed E-state index contributed by atoms with van der Waals surface area (Å²) in [7, 11) is 1.53. The number of ether oxygens (including phenoxy) is 1. The Morgan fingerprint density at radius 1 is 1.22 bits per heavy atom. The molecule has 1 amide bonds. The summed E-state index contributed by atoms with van der Waals surface area (Å²) in [4.78, 5) is 17.9. The van der Waals surface area contributed by atoms with E-state index in [4.69, 9.17) is 4.74 Å². The van der Waals surface area contributed by atoms with Crippen molar-refractivity contribution in [2.45, 2.75) is 20.5 Å². The number of amides is 1. The van der Waals surface area contributed by atoms with E-state index in [1.807, 2.05) is 19.9 Å². The molecular formula is C20H17FN2O2S2. The third-order valence-electron chi connectivity index (χ3n) is 4.31. The minimum absolute atomic E-state index is 0.168. The van der Waals surface area contributed by atoms with Crippen LogP contribution in [0.3, 0.4) is 0 Å². The lowest BCUT2D eigenvalue weighted by Crippen LogP contribution is -2.12. The SMILES string of the molecule is COCc1c(C(=O)Nc2nc3c(C)cc(C)cc3s2)sc2cccc(F)c12. The first-order valence-corrected chi connectivity index (χ1v) is 9.99. The van der Waals surface area contributed by atoms with Gasteiger partial charge in [-0.2, -0.15) is 0 Å². The number of rotatable bonds is 4. The highest BCUT2D eigenvalue weighted by Gasteiger charge is 2.21. The molecule has 0 saturated carbocycles. The molecule has 0 bridgehead atoms. The van der Waals surface area contributed by atoms with Crippen LogP contribution in [0.5, 0.6) is 0 Å². The van der Waals surface area contributed by atoms with Crippen molar-refractivity contribution in [3.8, 4) is 0 Å². The van der Waals surface area contributed by atoms with Gasteiger partial charge in [-0.25, -0.2) is 9.37 Å². The lowest BCUT2D eigenvalue weighted by molar-refractivity contribution is 0.102. The van der Waals surface area contributed by atoms with Crippen molar-refractivity contribution in [2.24, 2.45) is 0 Å². The van der Waals surface area contributed by atoms with Gasteiger partial charge in [-0.05, 0) is 43.2 Å². The highest BCUT2D eigenvalue weighted by atomic mass is 32.1. The smallest absolute Gasteiger partial charge is 0.267 e. The Morgan fingerprint density at radius 2 is 2.04 bits per heavy atom. The van der Waals surface area contributed by atoms with Gasteiger partial charge < -0.3 is 4.74 Å². The molecule has 4 rings (SSSR count). The summed E-state index contributed by atoms with van der Waals surface area (Å²) in [6.45, 7) is 4.21. The molecule has 1 N–H and O–H groups in total. The van der Waals surface area contributed by atoms with Crippen molar-refractivity contribution >= 4 is 54.0 Å². The van der Waals surface area contributed by atoms with Gasteiger partial charge in [0.05, 0.1) is 21.7 Å². The van der Waals surface area contributed by atoms with Crippen LogP contribution in [-0.4, -0.2) is 18.0 Å². The van der Waals surface area contributed by atoms with E-state index in [-0.39, 0.29) is 18.3 Å². The van der Waals surface area contributed by atoms with E-state index in [0.717, 1.165) is 26.0 Å². The Balaban J connectivity index is 1.74. The molecule has 0 saturated heterocycles. The molecule has 4 nitrogen and oxygen atoms in total. The molecule has 0 unspecified atom stereocenters. The molecule has 0 aliphatic heterocycles. The zero-order chi connectivity index (χ0) is 19.1. The van der Waals surface area contributed by atoms with Gasteiger partial charge in [-0.15, -0.1) is 11.3 Å². The van der Waals surface area contributed by atoms with Gasteiger partial charge >= 0.3 is 0 Å². The second-order valence-corrected chi connectivity index (χ2v) is 8.44. The summed E-state index contributed by atoms with van der Waals surface area (Å²) < 4.78 is 21.3. The van der Waals surface area contributed by atoms with Crippen molar-refractivity contribution < 1.29 is 13.9 Å². The summed E-state index contributed by atoms with van der Waals surface area (Å²) in [5, 5.41) is 3.86. The number of carbonyl (C=O) groups excluding carboxylic acids is 1. The predicted molar refractivity (Wildman–Crippen MR) is 110 cm³/mol. The lowest BCUT2D eigenvalue weighted by Gasteiger charge is -2.04. The van der Waals surface area contributed by atoms with Crippen molar-refractivity contribution in [2.75, 3.05) is 12.4 Å². The monoisotopic (exact) mass is 400 g/mol. The third-order valence-corrected chi connectivity index (χ3v) is 6.42. The number of nitrogens with one attached hydrogen (secondary N) is 1. The van der Waals surface area contributed by atoms with Gasteiger partial charge in [0.25, 0.3) is 5.91 Å². The number of methoxy groups -OCH3 is 1. The number of halogens is 1. The largest absolute Gasteiger partial charge is 0.380 e. The number of benzene rings is 2. The van der Waals surface area contributed by atoms with E-state index in [0.29, 0.717) is 21.0 Å². The number of carbonyl (C=O) groups is 1. The van der Waals surface area contributed by atoms with Crippen LogP contribution in [0, 0.1) is 19.7 Å². The van der Waals surface area contributed by atoms with Gasteiger partial charge in [0, 0.05) is 22.8 Å². The number of fused-ring (bicyclic) bond motifs is 2. The highest BCUT2D eigenvalue weighted by Crippen LogP contribution is 2.35. The Kier molecular flexibility index (Phi) is 4.67. The predicted octanol–water partition coefficient (Wildman–Crippen LogP) is 5.67. The Hall–Kier alpha value is -2.35. The molecule has 0 fully saturated rings. The molecule has 0 aliphatic rings. The summed E-state index contributed by atoms with van der Waals surface area (Å²) in [6, 6.07) is 8.97. The molecule has 0 radical (unpaired) electrons. The minimum Gasteiger partial charge on any atom is -0.380 e. The molecule has 2 heterocycles. The molecule has 0 spiro atoms. The van der Waals surface area contributed by atoms with Gasteiger partial charge in [0.1, 0.15) is 5.82 Å². The zero-order valence-electron chi connectivity index (χ0n) is 15.1. The normalized spacial score (nSPS) is 11.4. The molecular weight excluding hydrogens is 383 g/mol. The molecule has 2 aromatic carbocycles. The average molecular weight is 401 g/mol. The first-order chi connectivity index (χ1) is 13.0. The fourth-order valence-electron chi connectivity index (χ4n) is 3.21. The molecule has 4 aromatic rings. The van der Waals surface area contributed by atoms with Crippen molar-refractivity contribution in [1.82, 2.24) is 4.98 Å². The molecule has 0 atom stereocenters. The van der Waals surface area contributed by atoms with Gasteiger partial charge in [-0.1, -0.05) is 23.5 Å². The first-order valence-electron chi connectivity index (χ1n) is 8.36. The van der Waals surface area contributed by atoms with E-state index in [9.17, 15) is 9.18 Å². The number of hydrogen-bond donors (Lipinski definition) is 1. The number of aromatic nitrogens is 1. The first kappa shape index (κ1) is 18.0. The maximum atomic E-state index is 14.3. The average Bonchev–Trinajstić information content (AvgIpc) is 3.17. The molecule has 2 aromatic heterocycles. The second-order valence-electron chi connectivity index (χ2n) is 6.36. The van der Waals surface area contributed by atoms with Crippen LogP contribution >= 0.6 is 22.7 Å². The van der Waals surface area contributed by atoms with Crippen molar-refractivity contribution in [3.63, 3.8) is 0 Å². The van der Waals surface area contributed by atoms with Crippen LogP contribution in [0.25, 0.3) is 20.3 Å². The van der Waals surface area contributed by atoms with Crippen LogP contribution in [-0.2, 0) is 11.3 Å². The standard InChI is InChI=1S/C20H17FN2O2S2/c1-10-7-11(2)17-15(8-10)27-20(22-17)23-19(24)18-12(9-25-3)16-13(21)5-4-6-14(16)26-18/h4-8H,9H2,1-3H3,(H,22,23,24). The quantitative estimate of drug-likeness (QED) is 0.480. The summed E-state index contributed by atoms with van der Waals surface area (Å²) in [6.07, 6.45) is 0. The maximum Gasteiger partial charge on any atom is 0.267 e. The lowest BCUT2D eigenvalue weighted by atomic mass is 10.1. The van der Waals surface area contributed by atoms with Crippen molar-refractivity contribution in [3.05, 3.63) is 57.7 Å². The number of thiophene rings is 1. The third kappa shape index (κ3) is 3.22. The molecule has 7 heteroatoms. The number of aryl methyl sites for hydroxylation is 2. The van der Waals surface area contributed by atoms with Crippen LogP contribution < -0.4 is 5.32 Å². The maximum absolute atomic E-state index is 14.3. The topological polar surface area (TPSA) is 51.2 Å². The Morgan fingerprint density at radius 3 is 2.81 bits per heavy atom. The van der Waals surface area contributed by atoms with E-state index in [1.54, 1.807) is 6.07 Å². The fourth-order valence-corrected chi connectivity index (χ4v) is 5.37. The van der Waals surface area contributed by atoms with E-state index >= 15 is 0 Å². The number of anilines is 1. The fraction of sp³-hybridized carbons (Fsp3) is 0.200. The van der Waals surface area contributed by atoms with Crippen LogP contribution in [0.2, 0.25) is 0 Å². The number of thiazole rings is 1. The molecule has 138 valence electrons. The summed E-state index contributed by atoms with van der Waals surface area (Å²) in [5.41, 5.74) is 3.69. The molecule has 27 heavy (non-hydrogen) atoms. The van der Waals surface area contributed by atoms with Crippen LogP contribution in [0.15, 0.2) is 30.3 Å². The summed E-state index contributed by atoms with van der Waals surface area (Å²) in [5.74, 6) is -0.642. The van der Waals surface area contributed by atoms with Crippen LogP contribution in [0.4, 0.5) is 9.52 Å². The minimum atomic E-state index is -0.346. The van der Waals surface area contributed by atoms with Gasteiger partial charge in [0.15, 0.2) is 5.13 Å². The van der Waals surface area contributed by atoms with Crippen molar-refractivity contribution in [1.29, 1.82) is 0 Å². The molecule has 0 aliphatic carbocycles. The Bertz CT molecular complexity index is 1180. The van der Waals surface area contributed by atoms with Crippen LogP contribution in [0.1, 0.15) is 26.4 Å². The van der Waals surface area contributed by atoms with E-state index < -0.39 is 0 Å². The van der Waals surface area contributed by atoms with E-state index in [1.165, 1.54) is 35.8 Å². The number of nitrogens with zero attached hydrogens (tertiary/aromatic N) is 1. The summed E-state index contributed by atoms with van der Waals surface area (Å²) >= 11 is 2.70. The van der Waals surface area contributed by atoms with E-state index in [2.05, 4.69) is 22.4 Å². The Labute approximate surface area is 163 Å². The highest BCUT2D eigenvalue weighted by molar-refractivity contribution is 7.23. The van der Waals surface area contributed by atoms with Gasteiger partial charge in [-0.3, -0.25) is 10.1 Å². The zero-order valence-corrected chi connectivity index (χ0v) is 16.7.